The molecule has 0 unspecified atom stereocenters. The third-order valence-corrected chi connectivity index (χ3v) is 4.12. The molecule has 1 atom stereocenters. The Hall–Kier alpha value is -1.36. The van der Waals surface area contributed by atoms with Gasteiger partial charge in [0.2, 0.25) is 0 Å². The SMILES string of the molecule is Cc1nn(C)cc1C(=O)N1CCN2CCC[C@@H]2C1. The van der Waals surface area contributed by atoms with Gasteiger partial charge in [-0.25, -0.2) is 0 Å². The summed E-state index contributed by atoms with van der Waals surface area (Å²) in [6.07, 6.45) is 4.34. The van der Waals surface area contributed by atoms with Crippen LogP contribution in [0.2, 0.25) is 0 Å². The fraction of sp³-hybridized carbons (Fsp3) is 0.692. The number of piperazine rings is 1. The molecule has 1 aromatic heterocycles. The molecule has 2 aliphatic heterocycles. The molecule has 5 nitrogen and oxygen atoms in total. The summed E-state index contributed by atoms with van der Waals surface area (Å²) in [5, 5.41) is 4.25. The van der Waals surface area contributed by atoms with Crippen molar-refractivity contribution in [2.45, 2.75) is 25.8 Å². The van der Waals surface area contributed by atoms with Gasteiger partial charge in [-0.1, -0.05) is 0 Å². The maximum absolute atomic E-state index is 12.5. The molecule has 3 heterocycles. The zero-order chi connectivity index (χ0) is 12.7. The predicted octanol–water partition coefficient (Wildman–Crippen LogP) is 0.649. The number of nitrogens with zero attached hydrogens (tertiary/aromatic N) is 4. The molecule has 2 fully saturated rings. The largest absolute Gasteiger partial charge is 0.336 e. The predicted molar refractivity (Wildman–Crippen MR) is 68.4 cm³/mol. The molecular weight excluding hydrogens is 228 g/mol. The van der Waals surface area contributed by atoms with E-state index in [1.807, 2.05) is 25.1 Å². The van der Waals surface area contributed by atoms with Crippen LogP contribution in [0, 0.1) is 6.92 Å². The fourth-order valence-corrected chi connectivity index (χ4v) is 3.16. The van der Waals surface area contributed by atoms with Crippen molar-refractivity contribution in [2.24, 2.45) is 7.05 Å². The number of hydrogen-bond acceptors (Lipinski definition) is 3. The van der Waals surface area contributed by atoms with Gasteiger partial charge in [0.15, 0.2) is 0 Å². The summed E-state index contributed by atoms with van der Waals surface area (Å²) in [6, 6.07) is 0.583. The van der Waals surface area contributed by atoms with Crippen LogP contribution < -0.4 is 0 Å². The van der Waals surface area contributed by atoms with Gasteiger partial charge in [-0.3, -0.25) is 14.4 Å². The first-order valence-electron chi connectivity index (χ1n) is 6.69. The Morgan fingerprint density at radius 3 is 2.94 bits per heavy atom. The van der Waals surface area contributed by atoms with Crippen molar-refractivity contribution in [1.29, 1.82) is 0 Å². The molecule has 1 amide bonds. The Bertz CT molecular complexity index is 468. The molecular formula is C13H20N4O. The van der Waals surface area contributed by atoms with Crippen LogP contribution in [0.5, 0.6) is 0 Å². The molecule has 0 spiro atoms. The first-order chi connectivity index (χ1) is 8.65. The van der Waals surface area contributed by atoms with E-state index in [9.17, 15) is 4.79 Å². The molecule has 18 heavy (non-hydrogen) atoms. The quantitative estimate of drug-likeness (QED) is 0.732. The first kappa shape index (κ1) is 11.7. The number of rotatable bonds is 1. The van der Waals surface area contributed by atoms with Gasteiger partial charge >= 0.3 is 0 Å². The average Bonchev–Trinajstić information content (AvgIpc) is 2.93. The zero-order valence-corrected chi connectivity index (χ0v) is 11.1. The zero-order valence-electron chi connectivity index (χ0n) is 11.1. The lowest BCUT2D eigenvalue weighted by atomic mass is 10.1. The molecule has 0 aliphatic carbocycles. The van der Waals surface area contributed by atoms with E-state index >= 15 is 0 Å². The van der Waals surface area contributed by atoms with E-state index in [0.717, 1.165) is 30.9 Å². The Balaban J connectivity index is 1.75. The number of amides is 1. The summed E-state index contributed by atoms with van der Waals surface area (Å²) >= 11 is 0. The van der Waals surface area contributed by atoms with Gasteiger partial charge < -0.3 is 4.90 Å². The van der Waals surface area contributed by atoms with Gasteiger partial charge in [0, 0.05) is 38.9 Å². The second kappa shape index (κ2) is 4.39. The number of aromatic nitrogens is 2. The summed E-state index contributed by atoms with van der Waals surface area (Å²) in [5.41, 5.74) is 1.58. The molecule has 98 valence electrons. The van der Waals surface area contributed by atoms with Crippen LogP contribution in [-0.2, 0) is 7.05 Å². The number of hydrogen-bond donors (Lipinski definition) is 0. The molecule has 0 saturated carbocycles. The molecule has 1 aromatic rings. The molecule has 0 aromatic carbocycles. The lowest BCUT2D eigenvalue weighted by Crippen LogP contribution is -2.52. The highest BCUT2D eigenvalue weighted by Crippen LogP contribution is 2.22. The third-order valence-electron chi connectivity index (χ3n) is 4.12. The van der Waals surface area contributed by atoms with Gasteiger partial charge in [0.05, 0.1) is 11.3 Å². The van der Waals surface area contributed by atoms with E-state index in [1.54, 1.807) is 4.68 Å². The molecule has 0 bridgehead atoms. The summed E-state index contributed by atoms with van der Waals surface area (Å²) in [7, 11) is 1.86. The molecule has 2 aliphatic rings. The second-order valence-electron chi connectivity index (χ2n) is 5.39. The van der Waals surface area contributed by atoms with Crippen LogP contribution in [0.25, 0.3) is 0 Å². The summed E-state index contributed by atoms with van der Waals surface area (Å²) in [4.78, 5) is 17.0. The van der Waals surface area contributed by atoms with Crippen molar-refractivity contribution in [3.63, 3.8) is 0 Å². The monoisotopic (exact) mass is 248 g/mol. The lowest BCUT2D eigenvalue weighted by Gasteiger charge is -2.37. The van der Waals surface area contributed by atoms with Crippen molar-refractivity contribution >= 4 is 5.91 Å². The first-order valence-corrected chi connectivity index (χ1v) is 6.69. The van der Waals surface area contributed by atoms with Gasteiger partial charge in [-0.15, -0.1) is 0 Å². The van der Waals surface area contributed by atoms with Crippen LogP contribution in [0.4, 0.5) is 0 Å². The molecule has 3 rings (SSSR count). The minimum Gasteiger partial charge on any atom is -0.336 e. The van der Waals surface area contributed by atoms with E-state index in [-0.39, 0.29) is 5.91 Å². The molecule has 0 N–H and O–H groups in total. The molecule has 2 saturated heterocycles. The van der Waals surface area contributed by atoms with Crippen LogP contribution in [-0.4, -0.2) is 57.7 Å². The van der Waals surface area contributed by atoms with Gasteiger partial charge in [0.25, 0.3) is 5.91 Å². The number of fused-ring (bicyclic) bond motifs is 1. The number of aryl methyl sites for hydroxylation is 2. The number of carbonyl (C=O) groups is 1. The Labute approximate surface area is 107 Å². The molecule has 5 heteroatoms. The van der Waals surface area contributed by atoms with Crippen molar-refractivity contribution in [2.75, 3.05) is 26.2 Å². The summed E-state index contributed by atoms with van der Waals surface area (Å²) in [5.74, 6) is 0.146. The Morgan fingerprint density at radius 2 is 2.22 bits per heavy atom. The van der Waals surface area contributed by atoms with Gasteiger partial charge in [-0.2, -0.15) is 5.10 Å². The van der Waals surface area contributed by atoms with E-state index in [4.69, 9.17) is 0 Å². The minimum absolute atomic E-state index is 0.146. The van der Waals surface area contributed by atoms with E-state index in [0.29, 0.717) is 6.04 Å². The normalized spacial score (nSPS) is 24.3. The Kier molecular flexibility index (Phi) is 2.86. The highest BCUT2D eigenvalue weighted by Gasteiger charge is 2.33. The van der Waals surface area contributed by atoms with Crippen LogP contribution in [0.15, 0.2) is 6.20 Å². The third kappa shape index (κ3) is 1.92. The smallest absolute Gasteiger partial charge is 0.257 e. The summed E-state index contributed by atoms with van der Waals surface area (Å²) in [6.45, 7) is 5.87. The van der Waals surface area contributed by atoms with Crippen molar-refractivity contribution < 1.29 is 4.79 Å². The van der Waals surface area contributed by atoms with Crippen molar-refractivity contribution in [3.05, 3.63) is 17.5 Å². The topological polar surface area (TPSA) is 41.4 Å². The maximum Gasteiger partial charge on any atom is 0.257 e. The maximum atomic E-state index is 12.5. The van der Waals surface area contributed by atoms with Crippen molar-refractivity contribution in [3.8, 4) is 0 Å². The fourth-order valence-electron chi connectivity index (χ4n) is 3.16. The highest BCUT2D eigenvalue weighted by molar-refractivity contribution is 5.95. The number of carbonyl (C=O) groups excluding carboxylic acids is 1. The van der Waals surface area contributed by atoms with Gasteiger partial charge in [0.1, 0.15) is 0 Å². The van der Waals surface area contributed by atoms with Crippen LogP contribution in [0.3, 0.4) is 0 Å². The van der Waals surface area contributed by atoms with Crippen LogP contribution >= 0.6 is 0 Å². The lowest BCUT2D eigenvalue weighted by molar-refractivity contribution is 0.0570. The molecule has 0 radical (unpaired) electrons. The minimum atomic E-state index is 0.146. The van der Waals surface area contributed by atoms with Crippen molar-refractivity contribution in [1.82, 2.24) is 19.6 Å². The van der Waals surface area contributed by atoms with Gasteiger partial charge in [-0.05, 0) is 26.3 Å². The second-order valence-corrected chi connectivity index (χ2v) is 5.39. The standard InChI is InChI=1S/C13H20N4O/c1-10-12(9-15(2)14-10)13(18)17-7-6-16-5-3-4-11(16)8-17/h9,11H,3-8H2,1-2H3/t11-/m1/s1. The van der Waals surface area contributed by atoms with Crippen LogP contribution in [0.1, 0.15) is 28.9 Å². The van der Waals surface area contributed by atoms with E-state index < -0.39 is 0 Å². The Morgan fingerprint density at radius 1 is 1.39 bits per heavy atom. The van der Waals surface area contributed by atoms with E-state index in [2.05, 4.69) is 10.00 Å². The highest BCUT2D eigenvalue weighted by atomic mass is 16.2. The summed E-state index contributed by atoms with van der Waals surface area (Å²) < 4.78 is 1.72. The average molecular weight is 248 g/mol. The van der Waals surface area contributed by atoms with E-state index in [1.165, 1.54) is 19.4 Å².